The van der Waals surface area contributed by atoms with Gasteiger partial charge in [-0.05, 0) is 48.3 Å². The first-order chi connectivity index (χ1) is 11.3. The summed E-state index contributed by atoms with van der Waals surface area (Å²) in [4.78, 5) is 15.3. The molecular formula is C20H28N2O2. The van der Waals surface area contributed by atoms with Crippen molar-refractivity contribution in [1.29, 1.82) is 0 Å². The second kappa shape index (κ2) is 5.48. The number of hydrogen-bond donors (Lipinski definition) is 1. The lowest BCUT2D eigenvalue weighted by Crippen LogP contribution is -2.36. The van der Waals surface area contributed by atoms with Gasteiger partial charge in [-0.3, -0.25) is 9.69 Å². The first kappa shape index (κ1) is 15.9. The van der Waals surface area contributed by atoms with Crippen LogP contribution in [0.5, 0.6) is 5.75 Å². The third-order valence-electron chi connectivity index (χ3n) is 5.85. The number of nitrogens with zero attached hydrogens (tertiary/aromatic N) is 1. The minimum absolute atomic E-state index is 0.221. The van der Waals surface area contributed by atoms with Crippen molar-refractivity contribution in [2.24, 2.45) is 10.8 Å². The Morgan fingerprint density at radius 1 is 1.33 bits per heavy atom. The molecule has 4 rings (SSSR count). The smallest absolute Gasteiger partial charge is 0.176 e. The first-order valence-corrected chi connectivity index (χ1v) is 9.12. The van der Waals surface area contributed by atoms with Crippen LogP contribution in [0, 0.1) is 10.8 Å². The summed E-state index contributed by atoms with van der Waals surface area (Å²) in [5.74, 6) is 1.07. The summed E-state index contributed by atoms with van der Waals surface area (Å²) in [7, 11) is 0. The van der Waals surface area contributed by atoms with Crippen LogP contribution in [0.3, 0.4) is 0 Å². The Labute approximate surface area is 144 Å². The number of anilines is 1. The molecule has 1 aromatic rings. The molecule has 130 valence electrons. The molecule has 24 heavy (non-hydrogen) atoms. The van der Waals surface area contributed by atoms with E-state index in [2.05, 4.69) is 31.0 Å². The van der Waals surface area contributed by atoms with Crippen LogP contribution in [-0.2, 0) is 0 Å². The summed E-state index contributed by atoms with van der Waals surface area (Å²) in [6.07, 6.45) is 3.71. The zero-order valence-electron chi connectivity index (χ0n) is 15.0. The molecule has 1 N–H and O–H groups in total. The van der Waals surface area contributed by atoms with E-state index < -0.39 is 0 Å². The SMILES string of the molecule is CC1(C)CC2CC(C)(CN2CC(=O)c2ccc3c(c2)NCCO3)C1. The van der Waals surface area contributed by atoms with Crippen molar-refractivity contribution in [2.75, 3.05) is 31.6 Å². The van der Waals surface area contributed by atoms with Crippen molar-refractivity contribution >= 4 is 11.5 Å². The molecular weight excluding hydrogens is 300 g/mol. The Bertz CT molecular complexity index is 670. The Hall–Kier alpha value is -1.55. The van der Waals surface area contributed by atoms with E-state index in [4.69, 9.17) is 4.74 Å². The topological polar surface area (TPSA) is 41.6 Å². The molecule has 0 aromatic heterocycles. The van der Waals surface area contributed by atoms with Crippen molar-refractivity contribution in [3.8, 4) is 5.75 Å². The van der Waals surface area contributed by atoms with Crippen LogP contribution in [0.15, 0.2) is 18.2 Å². The molecule has 1 aliphatic carbocycles. The van der Waals surface area contributed by atoms with E-state index >= 15 is 0 Å². The van der Waals surface area contributed by atoms with Gasteiger partial charge in [0, 0.05) is 24.7 Å². The molecule has 1 saturated heterocycles. The molecule has 4 nitrogen and oxygen atoms in total. The number of fused-ring (bicyclic) bond motifs is 3. The average molecular weight is 328 g/mol. The van der Waals surface area contributed by atoms with Crippen LogP contribution in [0.2, 0.25) is 0 Å². The number of Topliss-reactive ketones (excluding diaryl/α,β-unsaturated/α-hetero) is 1. The normalized spacial score (nSPS) is 31.0. The van der Waals surface area contributed by atoms with Crippen LogP contribution < -0.4 is 10.1 Å². The fourth-order valence-corrected chi connectivity index (χ4v) is 5.35. The highest BCUT2D eigenvalue weighted by molar-refractivity contribution is 5.99. The van der Waals surface area contributed by atoms with E-state index in [9.17, 15) is 4.79 Å². The van der Waals surface area contributed by atoms with Crippen molar-refractivity contribution < 1.29 is 9.53 Å². The van der Waals surface area contributed by atoms with E-state index in [1.807, 2.05) is 18.2 Å². The van der Waals surface area contributed by atoms with E-state index in [1.165, 1.54) is 19.3 Å². The molecule has 2 fully saturated rings. The van der Waals surface area contributed by atoms with Crippen LogP contribution in [0.4, 0.5) is 5.69 Å². The molecule has 1 aromatic carbocycles. The second-order valence-electron chi connectivity index (χ2n) is 9.03. The minimum Gasteiger partial charge on any atom is -0.490 e. The standard InChI is InChI=1S/C20H28N2O2/c1-19(2)9-15-10-20(3,12-19)13-22(15)11-17(23)14-4-5-18-16(8-14)21-6-7-24-18/h4-5,8,15,21H,6-7,9-13H2,1-3H3. The summed E-state index contributed by atoms with van der Waals surface area (Å²) >= 11 is 0. The van der Waals surface area contributed by atoms with Gasteiger partial charge in [-0.2, -0.15) is 0 Å². The predicted octanol–water partition coefficient (Wildman–Crippen LogP) is 3.57. The van der Waals surface area contributed by atoms with Gasteiger partial charge in [0.1, 0.15) is 12.4 Å². The van der Waals surface area contributed by atoms with Crippen LogP contribution in [0.1, 0.15) is 50.4 Å². The molecule has 0 amide bonds. The monoisotopic (exact) mass is 328 g/mol. The van der Waals surface area contributed by atoms with Crippen molar-refractivity contribution in [1.82, 2.24) is 4.90 Å². The number of nitrogens with one attached hydrogen (secondary N) is 1. The number of hydrogen-bond acceptors (Lipinski definition) is 4. The van der Waals surface area contributed by atoms with Gasteiger partial charge in [0.2, 0.25) is 0 Å². The van der Waals surface area contributed by atoms with Gasteiger partial charge in [0.25, 0.3) is 0 Å². The second-order valence-corrected chi connectivity index (χ2v) is 9.03. The average Bonchev–Trinajstić information content (AvgIpc) is 2.75. The maximum atomic E-state index is 12.8. The van der Waals surface area contributed by atoms with E-state index in [0.717, 1.165) is 30.1 Å². The molecule has 4 heteroatoms. The number of carbonyl (C=O) groups is 1. The number of rotatable bonds is 3. The number of benzene rings is 1. The quantitative estimate of drug-likeness (QED) is 0.861. The number of likely N-dealkylation sites (tertiary alicyclic amines) is 1. The predicted molar refractivity (Wildman–Crippen MR) is 95.9 cm³/mol. The van der Waals surface area contributed by atoms with Crippen LogP contribution in [-0.4, -0.2) is 43.0 Å². The third kappa shape index (κ3) is 2.92. The molecule has 2 aliphatic heterocycles. The molecule has 0 spiro atoms. The maximum absolute atomic E-state index is 12.8. The lowest BCUT2D eigenvalue weighted by Gasteiger charge is -2.39. The molecule has 2 unspecified atom stereocenters. The molecule has 0 radical (unpaired) electrons. The first-order valence-electron chi connectivity index (χ1n) is 9.12. The van der Waals surface area contributed by atoms with E-state index in [0.29, 0.717) is 30.0 Å². The van der Waals surface area contributed by atoms with Crippen molar-refractivity contribution in [3.05, 3.63) is 23.8 Å². The highest BCUT2D eigenvalue weighted by Crippen LogP contribution is 2.52. The third-order valence-corrected chi connectivity index (χ3v) is 5.85. The highest BCUT2D eigenvalue weighted by atomic mass is 16.5. The lowest BCUT2D eigenvalue weighted by atomic mass is 9.65. The largest absolute Gasteiger partial charge is 0.490 e. The zero-order valence-corrected chi connectivity index (χ0v) is 15.0. The molecule has 2 bridgehead atoms. The summed E-state index contributed by atoms with van der Waals surface area (Å²) in [6, 6.07) is 6.33. The van der Waals surface area contributed by atoms with Gasteiger partial charge < -0.3 is 10.1 Å². The van der Waals surface area contributed by atoms with Gasteiger partial charge in [-0.1, -0.05) is 20.8 Å². The van der Waals surface area contributed by atoms with Crippen molar-refractivity contribution in [3.63, 3.8) is 0 Å². The van der Waals surface area contributed by atoms with E-state index in [-0.39, 0.29) is 5.78 Å². The fraction of sp³-hybridized carbons (Fsp3) is 0.650. The summed E-state index contributed by atoms with van der Waals surface area (Å²) in [6.45, 7) is 10.2. The summed E-state index contributed by atoms with van der Waals surface area (Å²) in [5, 5.41) is 3.31. The highest BCUT2D eigenvalue weighted by Gasteiger charge is 2.49. The van der Waals surface area contributed by atoms with Gasteiger partial charge >= 0.3 is 0 Å². The molecule has 3 aliphatic rings. The Balaban J connectivity index is 1.49. The van der Waals surface area contributed by atoms with Crippen LogP contribution >= 0.6 is 0 Å². The fourth-order valence-electron chi connectivity index (χ4n) is 5.35. The molecule has 1 saturated carbocycles. The molecule has 2 atom stereocenters. The number of carbonyl (C=O) groups excluding carboxylic acids is 1. The minimum atomic E-state index is 0.221. The summed E-state index contributed by atoms with van der Waals surface area (Å²) < 4.78 is 5.60. The van der Waals surface area contributed by atoms with Gasteiger partial charge in [0.15, 0.2) is 5.78 Å². The number of ether oxygens (including phenoxy) is 1. The number of ketones is 1. The van der Waals surface area contributed by atoms with Gasteiger partial charge in [-0.15, -0.1) is 0 Å². The van der Waals surface area contributed by atoms with Gasteiger partial charge in [-0.25, -0.2) is 0 Å². The van der Waals surface area contributed by atoms with Gasteiger partial charge in [0.05, 0.1) is 12.2 Å². The Morgan fingerprint density at radius 3 is 3.00 bits per heavy atom. The molecule has 2 heterocycles. The Morgan fingerprint density at radius 2 is 2.17 bits per heavy atom. The van der Waals surface area contributed by atoms with E-state index in [1.54, 1.807) is 0 Å². The maximum Gasteiger partial charge on any atom is 0.176 e. The van der Waals surface area contributed by atoms with Crippen molar-refractivity contribution in [2.45, 2.75) is 46.1 Å². The lowest BCUT2D eigenvalue weighted by molar-refractivity contribution is 0.0900. The van der Waals surface area contributed by atoms with Crippen LogP contribution in [0.25, 0.3) is 0 Å². The Kier molecular flexibility index (Phi) is 3.64. The summed E-state index contributed by atoms with van der Waals surface area (Å²) in [5.41, 5.74) is 2.50. The zero-order chi connectivity index (χ0) is 16.9.